The van der Waals surface area contributed by atoms with Crippen LogP contribution in [-0.2, 0) is 9.47 Å². The van der Waals surface area contributed by atoms with E-state index in [2.05, 4.69) is 13.8 Å². The Balaban J connectivity index is 3.63. The van der Waals surface area contributed by atoms with Gasteiger partial charge in [0.05, 0.1) is 24.9 Å². The highest BCUT2D eigenvalue weighted by Gasteiger charge is 2.20. The van der Waals surface area contributed by atoms with E-state index in [1.54, 1.807) is 0 Å². The standard InChI is InChI=1S/C13H30N2O2/c1-10(14)8-12(3)16-6-7-17-13(4,5)9-11(2)15/h10-12H,6-9,14-15H2,1-5H3. The van der Waals surface area contributed by atoms with E-state index in [0.717, 1.165) is 12.8 Å². The average Bonchev–Trinajstić information content (AvgIpc) is 2.09. The molecule has 104 valence electrons. The Morgan fingerprint density at radius 2 is 1.59 bits per heavy atom. The van der Waals surface area contributed by atoms with Gasteiger partial charge in [0.2, 0.25) is 0 Å². The molecule has 3 unspecified atom stereocenters. The van der Waals surface area contributed by atoms with Gasteiger partial charge in [-0.2, -0.15) is 0 Å². The molecule has 0 amide bonds. The maximum Gasteiger partial charge on any atom is 0.0707 e. The summed E-state index contributed by atoms with van der Waals surface area (Å²) in [7, 11) is 0. The predicted molar refractivity (Wildman–Crippen MR) is 72.0 cm³/mol. The fourth-order valence-electron chi connectivity index (χ4n) is 1.99. The molecule has 0 aliphatic rings. The molecule has 0 aromatic heterocycles. The van der Waals surface area contributed by atoms with Gasteiger partial charge < -0.3 is 20.9 Å². The molecule has 0 heterocycles. The summed E-state index contributed by atoms with van der Waals surface area (Å²) in [5.74, 6) is 0. The third-order valence-corrected chi connectivity index (χ3v) is 2.50. The number of hydrogen-bond donors (Lipinski definition) is 2. The molecule has 3 atom stereocenters. The number of hydrogen-bond acceptors (Lipinski definition) is 4. The molecule has 0 rings (SSSR count). The molecule has 0 saturated carbocycles. The van der Waals surface area contributed by atoms with Gasteiger partial charge in [-0.15, -0.1) is 0 Å². The number of rotatable bonds is 9. The van der Waals surface area contributed by atoms with Crippen molar-refractivity contribution < 1.29 is 9.47 Å². The van der Waals surface area contributed by atoms with Gasteiger partial charge in [-0.05, 0) is 47.5 Å². The minimum Gasteiger partial charge on any atom is -0.376 e. The van der Waals surface area contributed by atoms with E-state index < -0.39 is 0 Å². The van der Waals surface area contributed by atoms with Crippen LogP contribution < -0.4 is 11.5 Å². The summed E-state index contributed by atoms with van der Waals surface area (Å²) < 4.78 is 11.4. The molecule has 4 heteroatoms. The zero-order valence-corrected chi connectivity index (χ0v) is 12.0. The van der Waals surface area contributed by atoms with Gasteiger partial charge in [0.15, 0.2) is 0 Å². The van der Waals surface area contributed by atoms with E-state index >= 15 is 0 Å². The Morgan fingerprint density at radius 3 is 2.06 bits per heavy atom. The summed E-state index contributed by atoms with van der Waals surface area (Å²) in [6, 6.07) is 0.336. The second-order valence-electron chi connectivity index (χ2n) is 5.68. The summed E-state index contributed by atoms with van der Waals surface area (Å²) in [6.07, 6.45) is 1.92. The molecule has 4 nitrogen and oxygen atoms in total. The van der Waals surface area contributed by atoms with E-state index in [-0.39, 0.29) is 23.8 Å². The minimum atomic E-state index is -0.179. The lowest BCUT2D eigenvalue weighted by Crippen LogP contribution is -2.34. The van der Waals surface area contributed by atoms with Crippen LogP contribution in [0.2, 0.25) is 0 Å². The van der Waals surface area contributed by atoms with Gasteiger partial charge in [-0.25, -0.2) is 0 Å². The summed E-state index contributed by atoms with van der Waals surface area (Å²) in [5.41, 5.74) is 11.3. The van der Waals surface area contributed by atoms with Crippen LogP contribution in [0.3, 0.4) is 0 Å². The van der Waals surface area contributed by atoms with Crippen molar-refractivity contribution in [2.45, 2.75) is 71.2 Å². The highest BCUT2D eigenvalue weighted by atomic mass is 16.5. The predicted octanol–water partition coefficient (Wildman–Crippen LogP) is 1.66. The molecule has 0 radical (unpaired) electrons. The average molecular weight is 246 g/mol. The largest absolute Gasteiger partial charge is 0.376 e. The molecule has 0 fully saturated rings. The fourth-order valence-corrected chi connectivity index (χ4v) is 1.99. The first-order valence-corrected chi connectivity index (χ1v) is 6.49. The SMILES string of the molecule is CC(N)CC(C)OCCOC(C)(C)CC(C)N. The molecule has 0 aromatic carbocycles. The molecule has 0 aliphatic carbocycles. The Kier molecular flexibility index (Phi) is 7.96. The number of nitrogens with two attached hydrogens (primary N) is 2. The first-order chi connectivity index (χ1) is 7.73. The van der Waals surface area contributed by atoms with Crippen molar-refractivity contribution in [2.75, 3.05) is 13.2 Å². The van der Waals surface area contributed by atoms with Crippen molar-refractivity contribution in [1.29, 1.82) is 0 Å². The van der Waals surface area contributed by atoms with Crippen molar-refractivity contribution >= 4 is 0 Å². The van der Waals surface area contributed by atoms with Crippen molar-refractivity contribution in [2.24, 2.45) is 11.5 Å². The first kappa shape index (κ1) is 16.8. The van der Waals surface area contributed by atoms with Crippen molar-refractivity contribution in [3.8, 4) is 0 Å². The summed E-state index contributed by atoms with van der Waals surface area (Å²) in [5, 5.41) is 0. The van der Waals surface area contributed by atoms with Gasteiger partial charge >= 0.3 is 0 Å². The van der Waals surface area contributed by atoms with Gasteiger partial charge in [0, 0.05) is 12.1 Å². The van der Waals surface area contributed by atoms with Gasteiger partial charge in [-0.3, -0.25) is 0 Å². The lowest BCUT2D eigenvalue weighted by atomic mass is 10.0. The van der Waals surface area contributed by atoms with Crippen LogP contribution in [0.25, 0.3) is 0 Å². The maximum absolute atomic E-state index is 5.76. The van der Waals surface area contributed by atoms with E-state index in [1.165, 1.54) is 0 Å². The lowest BCUT2D eigenvalue weighted by molar-refractivity contribution is -0.0645. The Morgan fingerprint density at radius 1 is 1.00 bits per heavy atom. The summed E-state index contributed by atoms with van der Waals surface area (Å²) >= 11 is 0. The minimum absolute atomic E-state index is 0.155. The van der Waals surface area contributed by atoms with Crippen LogP contribution in [0, 0.1) is 0 Å². The molecular formula is C13H30N2O2. The third-order valence-electron chi connectivity index (χ3n) is 2.50. The van der Waals surface area contributed by atoms with Crippen LogP contribution in [0.4, 0.5) is 0 Å². The molecule has 17 heavy (non-hydrogen) atoms. The highest BCUT2D eigenvalue weighted by molar-refractivity contribution is 4.73. The zero-order chi connectivity index (χ0) is 13.5. The molecule has 0 saturated heterocycles. The van der Waals surface area contributed by atoms with Crippen molar-refractivity contribution in [3.63, 3.8) is 0 Å². The van der Waals surface area contributed by atoms with E-state index in [9.17, 15) is 0 Å². The molecule has 0 aromatic rings. The smallest absolute Gasteiger partial charge is 0.0707 e. The highest BCUT2D eigenvalue weighted by Crippen LogP contribution is 2.15. The summed E-state index contributed by atoms with van der Waals surface area (Å²) in [6.45, 7) is 11.3. The van der Waals surface area contributed by atoms with E-state index in [0.29, 0.717) is 13.2 Å². The van der Waals surface area contributed by atoms with Gasteiger partial charge in [0.25, 0.3) is 0 Å². The number of ether oxygens (including phenoxy) is 2. The zero-order valence-electron chi connectivity index (χ0n) is 12.0. The fraction of sp³-hybridized carbons (Fsp3) is 1.00. The topological polar surface area (TPSA) is 70.5 Å². The molecule has 0 spiro atoms. The quantitative estimate of drug-likeness (QED) is 0.607. The molecule has 0 aliphatic heterocycles. The first-order valence-electron chi connectivity index (χ1n) is 6.49. The monoisotopic (exact) mass is 246 g/mol. The van der Waals surface area contributed by atoms with Crippen LogP contribution in [0.1, 0.15) is 47.5 Å². The van der Waals surface area contributed by atoms with Crippen molar-refractivity contribution in [1.82, 2.24) is 0 Å². The maximum atomic E-state index is 5.76. The second-order valence-corrected chi connectivity index (χ2v) is 5.68. The third kappa shape index (κ3) is 10.7. The molecular weight excluding hydrogens is 216 g/mol. The van der Waals surface area contributed by atoms with Crippen LogP contribution in [0.15, 0.2) is 0 Å². The van der Waals surface area contributed by atoms with E-state index in [1.807, 2.05) is 20.8 Å². The normalized spacial score (nSPS) is 17.8. The van der Waals surface area contributed by atoms with Crippen LogP contribution in [-0.4, -0.2) is 37.0 Å². The van der Waals surface area contributed by atoms with Crippen molar-refractivity contribution in [3.05, 3.63) is 0 Å². The van der Waals surface area contributed by atoms with Crippen LogP contribution in [0.5, 0.6) is 0 Å². The lowest BCUT2D eigenvalue weighted by Gasteiger charge is -2.27. The van der Waals surface area contributed by atoms with Gasteiger partial charge in [-0.1, -0.05) is 0 Å². The Bertz CT molecular complexity index is 194. The van der Waals surface area contributed by atoms with Crippen LogP contribution >= 0.6 is 0 Å². The Labute approximate surface area is 106 Å². The van der Waals surface area contributed by atoms with E-state index in [4.69, 9.17) is 20.9 Å². The molecule has 0 bridgehead atoms. The second kappa shape index (κ2) is 8.03. The molecule has 4 N–H and O–H groups in total. The van der Waals surface area contributed by atoms with Gasteiger partial charge in [0.1, 0.15) is 0 Å². The Hall–Kier alpha value is -0.160. The summed E-state index contributed by atoms with van der Waals surface area (Å²) in [4.78, 5) is 0.